The van der Waals surface area contributed by atoms with Crippen molar-refractivity contribution in [1.29, 1.82) is 0 Å². The van der Waals surface area contributed by atoms with Gasteiger partial charge in [0.2, 0.25) is 0 Å². The number of aliphatic hydroxyl groups excluding tert-OH is 1. The number of aliphatic hydroxyl groups is 1. The first-order chi connectivity index (χ1) is 8.50. The van der Waals surface area contributed by atoms with Gasteiger partial charge >= 0.3 is 0 Å². The molecule has 1 heterocycles. The number of nitrogens with zero attached hydrogens (tertiary/aromatic N) is 2. The Morgan fingerprint density at radius 1 is 1.39 bits per heavy atom. The van der Waals surface area contributed by atoms with Crippen molar-refractivity contribution in [3.63, 3.8) is 0 Å². The molecule has 1 atom stereocenters. The van der Waals surface area contributed by atoms with E-state index in [0.29, 0.717) is 6.04 Å². The van der Waals surface area contributed by atoms with Crippen molar-refractivity contribution in [3.8, 4) is 0 Å². The van der Waals surface area contributed by atoms with Crippen LogP contribution in [0.25, 0.3) is 0 Å². The maximum Gasteiger partial charge on any atom is 0.0628 e. The minimum Gasteiger partial charge on any atom is -0.396 e. The molecule has 3 nitrogen and oxygen atoms in total. The molecule has 1 aliphatic rings. The quantitative estimate of drug-likeness (QED) is 0.891. The van der Waals surface area contributed by atoms with Crippen molar-refractivity contribution in [2.45, 2.75) is 58.9 Å². The lowest BCUT2D eigenvalue weighted by molar-refractivity contribution is 0.130. The van der Waals surface area contributed by atoms with Gasteiger partial charge in [-0.25, -0.2) is 0 Å². The Balaban J connectivity index is 2.01. The van der Waals surface area contributed by atoms with Crippen LogP contribution in [0.15, 0.2) is 12.3 Å². The average molecular weight is 250 g/mol. The fraction of sp³-hybridized carbons (Fsp3) is 0.800. The van der Waals surface area contributed by atoms with Crippen LogP contribution >= 0.6 is 0 Å². The third kappa shape index (κ3) is 3.14. The van der Waals surface area contributed by atoms with Gasteiger partial charge in [0.1, 0.15) is 0 Å². The standard InChI is InChI=1S/C15H26N2O/c1-15(2,3)12(11-18)10-13-8-9-17(16-13)14-6-4-5-7-14/h8-9,12,14,18H,4-7,10-11H2,1-3H3. The molecule has 1 N–H and O–H groups in total. The van der Waals surface area contributed by atoms with Gasteiger partial charge in [0.05, 0.1) is 11.7 Å². The summed E-state index contributed by atoms with van der Waals surface area (Å²) >= 11 is 0. The summed E-state index contributed by atoms with van der Waals surface area (Å²) in [6.07, 6.45) is 8.19. The SMILES string of the molecule is CC(C)(C)C(CO)Cc1ccn(C2CCCC2)n1. The zero-order valence-electron chi connectivity index (χ0n) is 11.9. The summed E-state index contributed by atoms with van der Waals surface area (Å²) in [5.74, 6) is 0.282. The van der Waals surface area contributed by atoms with Crippen LogP contribution in [0.3, 0.4) is 0 Å². The van der Waals surface area contributed by atoms with Crippen LogP contribution in [0, 0.1) is 11.3 Å². The van der Waals surface area contributed by atoms with E-state index < -0.39 is 0 Å². The molecule has 1 saturated carbocycles. The van der Waals surface area contributed by atoms with Crippen LogP contribution in [0.5, 0.6) is 0 Å². The van der Waals surface area contributed by atoms with E-state index in [2.05, 4.69) is 37.7 Å². The molecular formula is C15H26N2O. The largest absolute Gasteiger partial charge is 0.396 e. The van der Waals surface area contributed by atoms with E-state index in [0.717, 1.165) is 12.1 Å². The molecule has 2 rings (SSSR count). The Morgan fingerprint density at radius 2 is 2.06 bits per heavy atom. The molecule has 3 heteroatoms. The molecule has 0 radical (unpaired) electrons. The highest BCUT2D eigenvalue weighted by molar-refractivity contribution is 5.02. The van der Waals surface area contributed by atoms with Gasteiger partial charge in [-0.1, -0.05) is 33.6 Å². The van der Waals surface area contributed by atoms with E-state index in [4.69, 9.17) is 5.10 Å². The lowest BCUT2D eigenvalue weighted by atomic mass is 9.79. The monoisotopic (exact) mass is 250 g/mol. The van der Waals surface area contributed by atoms with E-state index >= 15 is 0 Å². The Morgan fingerprint density at radius 3 is 2.61 bits per heavy atom. The summed E-state index contributed by atoms with van der Waals surface area (Å²) < 4.78 is 2.14. The van der Waals surface area contributed by atoms with E-state index in [9.17, 15) is 5.11 Å². The summed E-state index contributed by atoms with van der Waals surface area (Å²) in [7, 11) is 0. The lowest BCUT2D eigenvalue weighted by Crippen LogP contribution is -2.26. The minimum absolute atomic E-state index is 0.131. The van der Waals surface area contributed by atoms with Gasteiger partial charge in [0, 0.05) is 12.8 Å². The Bertz CT molecular complexity index is 372. The first-order valence-corrected chi connectivity index (χ1v) is 7.15. The van der Waals surface area contributed by atoms with Crippen molar-refractivity contribution in [2.75, 3.05) is 6.61 Å². The third-order valence-electron chi connectivity index (χ3n) is 4.26. The van der Waals surface area contributed by atoms with E-state index in [1.807, 2.05) is 0 Å². The van der Waals surface area contributed by atoms with Gasteiger partial charge in [-0.2, -0.15) is 5.10 Å². The molecule has 102 valence electrons. The Labute approximate surface area is 110 Å². The molecule has 1 aliphatic carbocycles. The Hall–Kier alpha value is -0.830. The fourth-order valence-electron chi connectivity index (χ4n) is 2.76. The molecule has 1 aromatic rings. The summed E-state index contributed by atoms with van der Waals surface area (Å²) in [5.41, 5.74) is 1.25. The molecule has 0 spiro atoms. The fourth-order valence-corrected chi connectivity index (χ4v) is 2.76. The summed E-state index contributed by atoms with van der Waals surface area (Å²) in [5, 5.41) is 14.2. The molecule has 1 unspecified atom stereocenters. The van der Waals surface area contributed by atoms with Crippen LogP contribution < -0.4 is 0 Å². The first-order valence-electron chi connectivity index (χ1n) is 7.15. The molecule has 0 aromatic carbocycles. The molecule has 1 fully saturated rings. The number of hydrogen-bond donors (Lipinski definition) is 1. The van der Waals surface area contributed by atoms with Crippen molar-refractivity contribution < 1.29 is 5.11 Å². The number of rotatable bonds is 4. The van der Waals surface area contributed by atoms with Crippen LogP contribution in [-0.2, 0) is 6.42 Å². The predicted molar refractivity (Wildman–Crippen MR) is 73.5 cm³/mol. The molecular weight excluding hydrogens is 224 g/mol. The highest BCUT2D eigenvalue weighted by atomic mass is 16.3. The molecule has 0 bridgehead atoms. The normalized spacial score (nSPS) is 19.3. The molecule has 0 aliphatic heterocycles. The van der Waals surface area contributed by atoms with Crippen molar-refractivity contribution in [3.05, 3.63) is 18.0 Å². The zero-order valence-corrected chi connectivity index (χ0v) is 11.9. The van der Waals surface area contributed by atoms with Crippen LogP contribution in [0.4, 0.5) is 0 Å². The smallest absolute Gasteiger partial charge is 0.0628 e. The van der Waals surface area contributed by atoms with Crippen molar-refractivity contribution >= 4 is 0 Å². The highest BCUT2D eigenvalue weighted by Crippen LogP contribution is 2.30. The van der Waals surface area contributed by atoms with E-state index in [-0.39, 0.29) is 17.9 Å². The molecule has 1 aromatic heterocycles. The average Bonchev–Trinajstić information content (AvgIpc) is 2.94. The molecule has 0 saturated heterocycles. The molecule has 18 heavy (non-hydrogen) atoms. The van der Waals surface area contributed by atoms with Gasteiger partial charge in [-0.3, -0.25) is 4.68 Å². The minimum atomic E-state index is 0.131. The van der Waals surface area contributed by atoms with Crippen molar-refractivity contribution in [1.82, 2.24) is 9.78 Å². The third-order valence-corrected chi connectivity index (χ3v) is 4.26. The predicted octanol–water partition coefficient (Wildman–Crippen LogP) is 3.20. The number of aromatic nitrogens is 2. The van der Waals surface area contributed by atoms with Crippen LogP contribution in [0.2, 0.25) is 0 Å². The molecule has 0 amide bonds. The summed E-state index contributed by atoms with van der Waals surface area (Å²) in [6.45, 7) is 6.78. The van der Waals surface area contributed by atoms with Gasteiger partial charge in [0.25, 0.3) is 0 Å². The Kier molecular flexibility index (Phi) is 4.10. The maximum absolute atomic E-state index is 9.51. The number of hydrogen-bond acceptors (Lipinski definition) is 2. The van der Waals surface area contributed by atoms with Crippen LogP contribution in [0.1, 0.15) is 58.2 Å². The first kappa shape index (κ1) is 13.6. The van der Waals surface area contributed by atoms with Crippen LogP contribution in [-0.4, -0.2) is 21.5 Å². The van der Waals surface area contributed by atoms with Crippen molar-refractivity contribution in [2.24, 2.45) is 11.3 Å². The van der Waals surface area contributed by atoms with Gasteiger partial charge in [-0.15, -0.1) is 0 Å². The second-order valence-electron chi connectivity index (χ2n) is 6.68. The highest BCUT2D eigenvalue weighted by Gasteiger charge is 2.25. The summed E-state index contributed by atoms with van der Waals surface area (Å²) in [6, 6.07) is 2.73. The second kappa shape index (κ2) is 5.43. The van der Waals surface area contributed by atoms with Gasteiger partial charge < -0.3 is 5.11 Å². The summed E-state index contributed by atoms with van der Waals surface area (Å²) in [4.78, 5) is 0. The maximum atomic E-state index is 9.51. The second-order valence-corrected chi connectivity index (χ2v) is 6.68. The van der Waals surface area contributed by atoms with Gasteiger partial charge in [-0.05, 0) is 36.7 Å². The van der Waals surface area contributed by atoms with Gasteiger partial charge in [0.15, 0.2) is 0 Å². The topological polar surface area (TPSA) is 38.0 Å². The zero-order chi connectivity index (χ0) is 13.2. The van der Waals surface area contributed by atoms with E-state index in [1.165, 1.54) is 25.7 Å². The lowest BCUT2D eigenvalue weighted by Gasteiger charge is -2.28. The van der Waals surface area contributed by atoms with E-state index in [1.54, 1.807) is 0 Å².